The topological polar surface area (TPSA) is 66.3 Å². The third kappa shape index (κ3) is 2.88. The predicted molar refractivity (Wildman–Crippen MR) is 109 cm³/mol. The fraction of sp³-hybridized carbons (Fsp3) is 0.318. The number of likely N-dealkylation sites (tertiary alicyclic amines) is 1. The van der Waals surface area contributed by atoms with Gasteiger partial charge in [-0.2, -0.15) is 5.10 Å². The zero-order chi connectivity index (χ0) is 20.1. The lowest BCUT2D eigenvalue weighted by Crippen LogP contribution is -2.39. The van der Waals surface area contributed by atoms with Gasteiger partial charge in [0, 0.05) is 36.3 Å². The fourth-order valence-corrected chi connectivity index (χ4v) is 4.55. The van der Waals surface area contributed by atoms with E-state index in [2.05, 4.69) is 15.1 Å². The molecule has 0 spiro atoms. The van der Waals surface area contributed by atoms with E-state index < -0.39 is 0 Å². The largest absolute Gasteiger partial charge is 0.361 e. The number of nitrogens with one attached hydrogen (secondary N) is 1. The second-order valence-electron chi connectivity index (χ2n) is 7.76. The van der Waals surface area contributed by atoms with Gasteiger partial charge in [0.2, 0.25) is 0 Å². The van der Waals surface area contributed by atoms with Gasteiger partial charge < -0.3 is 9.88 Å². The van der Waals surface area contributed by atoms with Crippen molar-refractivity contribution in [2.75, 3.05) is 13.1 Å². The lowest BCUT2D eigenvalue weighted by Gasteiger charge is -2.32. The van der Waals surface area contributed by atoms with Crippen molar-refractivity contribution in [2.45, 2.75) is 32.6 Å². The van der Waals surface area contributed by atoms with Crippen LogP contribution in [-0.4, -0.2) is 43.5 Å². The fourth-order valence-electron chi connectivity index (χ4n) is 4.55. The molecule has 1 aliphatic heterocycles. The number of aromatic nitrogens is 4. The number of H-pyrrole nitrogens is 1. The van der Waals surface area contributed by atoms with E-state index in [1.807, 2.05) is 37.1 Å². The summed E-state index contributed by atoms with van der Waals surface area (Å²) >= 11 is 0. The van der Waals surface area contributed by atoms with Gasteiger partial charge >= 0.3 is 0 Å². The zero-order valence-corrected chi connectivity index (χ0v) is 16.4. The van der Waals surface area contributed by atoms with Gasteiger partial charge in [-0.25, -0.2) is 13.9 Å². The minimum Gasteiger partial charge on any atom is -0.361 e. The van der Waals surface area contributed by atoms with Crippen LogP contribution in [0.15, 0.2) is 36.7 Å². The number of carbonyl (C=O) groups is 1. The van der Waals surface area contributed by atoms with E-state index in [0.717, 1.165) is 40.8 Å². The summed E-state index contributed by atoms with van der Waals surface area (Å²) < 4.78 is 15.2. The average molecular weight is 391 g/mol. The molecule has 0 unspecified atom stereocenters. The molecule has 0 radical (unpaired) electrons. The number of aryl methyl sites for hydroxylation is 2. The number of aromatic amines is 1. The van der Waals surface area contributed by atoms with Gasteiger partial charge in [0.15, 0.2) is 5.65 Å². The number of carbonyl (C=O) groups excluding carboxylic acids is 1. The molecule has 0 bridgehead atoms. The van der Waals surface area contributed by atoms with E-state index in [1.165, 1.54) is 17.7 Å². The van der Waals surface area contributed by atoms with Crippen LogP contribution in [0.2, 0.25) is 0 Å². The second-order valence-corrected chi connectivity index (χ2v) is 7.76. The van der Waals surface area contributed by atoms with Crippen molar-refractivity contribution in [3.05, 3.63) is 65.0 Å². The molecular formula is C22H22FN5O. The van der Waals surface area contributed by atoms with Crippen LogP contribution in [0.25, 0.3) is 16.6 Å². The molecule has 0 aliphatic carbocycles. The zero-order valence-electron chi connectivity index (χ0n) is 16.4. The van der Waals surface area contributed by atoms with Gasteiger partial charge in [0.1, 0.15) is 5.82 Å². The number of halogens is 1. The molecule has 6 nitrogen and oxygen atoms in total. The van der Waals surface area contributed by atoms with Crippen LogP contribution in [0.1, 0.15) is 46.1 Å². The lowest BCUT2D eigenvalue weighted by atomic mass is 9.89. The molecular weight excluding hydrogens is 369 g/mol. The highest BCUT2D eigenvalue weighted by atomic mass is 19.1. The number of amides is 1. The molecule has 0 saturated carbocycles. The van der Waals surface area contributed by atoms with Gasteiger partial charge in [0.25, 0.3) is 5.91 Å². The number of hydrogen-bond acceptors (Lipinski definition) is 3. The summed E-state index contributed by atoms with van der Waals surface area (Å²) in [5.74, 6) is 0.135. The molecule has 1 aromatic carbocycles. The molecule has 0 atom stereocenters. The lowest BCUT2D eigenvalue weighted by molar-refractivity contribution is 0.0710. The Kier molecular flexibility index (Phi) is 4.12. The van der Waals surface area contributed by atoms with E-state index in [9.17, 15) is 9.18 Å². The number of benzene rings is 1. The van der Waals surface area contributed by atoms with Crippen molar-refractivity contribution >= 4 is 22.5 Å². The number of rotatable bonds is 2. The quantitative estimate of drug-likeness (QED) is 0.562. The summed E-state index contributed by atoms with van der Waals surface area (Å²) in [7, 11) is 0. The van der Waals surface area contributed by atoms with E-state index in [1.54, 1.807) is 10.7 Å². The first-order chi connectivity index (χ1) is 14.0. The molecule has 1 saturated heterocycles. The van der Waals surface area contributed by atoms with Crippen molar-refractivity contribution in [3.63, 3.8) is 0 Å². The van der Waals surface area contributed by atoms with Crippen LogP contribution in [-0.2, 0) is 0 Å². The van der Waals surface area contributed by atoms with Crippen LogP contribution in [0.4, 0.5) is 4.39 Å². The summed E-state index contributed by atoms with van der Waals surface area (Å²) in [6.45, 7) is 5.17. The third-order valence-corrected chi connectivity index (χ3v) is 6.06. The Balaban J connectivity index is 1.37. The Morgan fingerprint density at radius 3 is 2.79 bits per heavy atom. The summed E-state index contributed by atoms with van der Waals surface area (Å²) in [6.07, 6.45) is 5.44. The molecule has 1 aliphatic rings. The van der Waals surface area contributed by atoms with Crippen molar-refractivity contribution in [2.24, 2.45) is 0 Å². The molecule has 4 aromatic rings. The monoisotopic (exact) mass is 391 g/mol. The Hall–Kier alpha value is -3.22. The Morgan fingerprint density at radius 1 is 1.21 bits per heavy atom. The first kappa shape index (κ1) is 17.8. The van der Waals surface area contributed by atoms with Crippen molar-refractivity contribution in [1.29, 1.82) is 0 Å². The maximum atomic E-state index is 13.5. The van der Waals surface area contributed by atoms with Crippen molar-refractivity contribution < 1.29 is 9.18 Å². The Labute approximate surface area is 167 Å². The average Bonchev–Trinajstić information content (AvgIpc) is 3.34. The third-order valence-electron chi connectivity index (χ3n) is 6.06. The summed E-state index contributed by atoms with van der Waals surface area (Å²) in [6, 6.07) is 6.71. The minimum atomic E-state index is -0.236. The second kappa shape index (κ2) is 6.69. The smallest absolute Gasteiger partial charge is 0.257 e. The van der Waals surface area contributed by atoms with Gasteiger partial charge in [-0.15, -0.1) is 0 Å². The van der Waals surface area contributed by atoms with Gasteiger partial charge in [-0.3, -0.25) is 4.79 Å². The van der Waals surface area contributed by atoms with Crippen molar-refractivity contribution in [3.8, 4) is 0 Å². The van der Waals surface area contributed by atoms with Gasteiger partial charge in [-0.05, 0) is 56.4 Å². The number of hydrogen-bond donors (Lipinski definition) is 1. The highest BCUT2D eigenvalue weighted by Gasteiger charge is 2.28. The SMILES string of the molecule is Cc1nc2ccnn2c(C)c1C(=O)N1CCC(c2c[nH]c3cc(F)ccc23)CC1. The van der Waals surface area contributed by atoms with E-state index in [0.29, 0.717) is 24.6 Å². The summed E-state index contributed by atoms with van der Waals surface area (Å²) in [5.41, 5.74) is 4.99. The van der Waals surface area contributed by atoms with Crippen molar-refractivity contribution in [1.82, 2.24) is 24.5 Å². The van der Waals surface area contributed by atoms with E-state index >= 15 is 0 Å². The minimum absolute atomic E-state index is 0.0179. The van der Waals surface area contributed by atoms with Crippen LogP contribution in [0, 0.1) is 19.7 Å². The molecule has 5 rings (SSSR count). The highest BCUT2D eigenvalue weighted by molar-refractivity contribution is 5.96. The molecule has 3 aromatic heterocycles. The standard InChI is InChI=1S/C22H22FN5O/c1-13-21(14(2)28-20(26-13)5-8-25-28)22(29)27-9-6-15(7-10-27)18-12-24-19-11-16(23)3-4-17(18)19/h3-5,8,11-12,15,24H,6-7,9-10H2,1-2H3. The maximum Gasteiger partial charge on any atom is 0.257 e. The van der Waals surface area contributed by atoms with Crippen LogP contribution >= 0.6 is 0 Å². The van der Waals surface area contributed by atoms with Crippen LogP contribution < -0.4 is 0 Å². The maximum absolute atomic E-state index is 13.5. The predicted octanol–water partition coefficient (Wildman–Crippen LogP) is 3.99. The Morgan fingerprint density at radius 2 is 2.00 bits per heavy atom. The van der Waals surface area contributed by atoms with E-state index in [4.69, 9.17) is 0 Å². The normalized spacial score (nSPS) is 15.5. The van der Waals surface area contributed by atoms with Gasteiger partial charge in [0.05, 0.1) is 23.1 Å². The first-order valence-corrected chi connectivity index (χ1v) is 9.89. The molecule has 148 valence electrons. The highest BCUT2D eigenvalue weighted by Crippen LogP contribution is 2.34. The van der Waals surface area contributed by atoms with E-state index in [-0.39, 0.29) is 11.7 Å². The number of nitrogens with zero attached hydrogens (tertiary/aromatic N) is 4. The molecule has 1 amide bonds. The van der Waals surface area contributed by atoms with Crippen LogP contribution in [0.3, 0.4) is 0 Å². The molecule has 1 fully saturated rings. The number of piperidine rings is 1. The summed E-state index contributed by atoms with van der Waals surface area (Å²) in [5, 5.41) is 5.35. The first-order valence-electron chi connectivity index (χ1n) is 9.89. The molecule has 7 heteroatoms. The van der Waals surface area contributed by atoms with Crippen LogP contribution in [0.5, 0.6) is 0 Å². The molecule has 29 heavy (non-hydrogen) atoms. The summed E-state index contributed by atoms with van der Waals surface area (Å²) in [4.78, 5) is 22.9. The molecule has 4 heterocycles. The Bertz CT molecular complexity index is 1230. The number of fused-ring (bicyclic) bond motifs is 2. The van der Waals surface area contributed by atoms with Gasteiger partial charge in [-0.1, -0.05) is 0 Å². The molecule has 1 N–H and O–H groups in total.